The Morgan fingerprint density at radius 2 is 2.16 bits per heavy atom. The molecule has 7 nitrogen and oxygen atoms in total. The Balaban J connectivity index is 2.95. The SMILES string of the molecule is CCn1cc(C(=O)O)c(=O)c2sc(S(C)(=O)=O)nc21. The molecule has 0 saturated heterocycles. The lowest BCUT2D eigenvalue weighted by Crippen LogP contribution is -2.17. The minimum atomic E-state index is -3.53. The van der Waals surface area contributed by atoms with Crippen molar-refractivity contribution in [2.24, 2.45) is 0 Å². The summed E-state index contributed by atoms with van der Waals surface area (Å²) in [4.78, 5) is 26.9. The summed E-state index contributed by atoms with van der Waals surface area (Å²) >= 11 is 0.696. The third kappa shape index (κ3) is 2.26. The van der Waals surface area contributed by atoms with E-state index in [-0.39, 0.29) is 14.7 Å². The van der Waals surface area contributed by atoms with Crippen LogP contribution in [0.4, 0.5) is 0 Å². The summed E-state index contributed by atoms with van der Waals surface area (Å²) in [5, 5.41) is 8.96. The second-order valence-corrected chi connectivity index (χ2v) is 7.06. The van der Waals surface area contributed by atoms with Gasteiger partial charge >= 0.3 is 5.97 Å². The van der Waals surface area contributed by atoms with Crippen molar-refractivity contribution >= 4 is 37.5 Å². The molecule has 0 saturated carbocycles. The van der Waals surface area contributed by atoms with E-state index in [4.69, 9.17) is 5.11 Å². The van der Waals surface area contributed by atoms with E-state index in [2.05, 4.69) is 4.98 Å². The topological polar surface area (TPSA) is 106 Å². The Hall–Kier alpha value is -1.74. The van der Waals surface area contributed by atoms with Crippen LogP contribution in [0.2, 0.25) is 0 Å². The Morgan fingerprint density at radius 3 is 2.63 bits per heavy atom. The van der Waals surface area contributed by atoms with Gasteiger partial charge in [0.05, 0.1) is 0 Å². The first-order chi connectivity index (χ1) is 8.75. The number of fused-ring (bicyclic) bond motifs is 1. The minimum Gasteiger partial charge on any atom is -0.477 e. The first-order valence-electron chi connectivity index (χ1n) is 5.23. The Morgan fingerprint density at radius 1 is 1.53 bits per heavy atom. The molecule has 0 unspecified atom stereocenters. The smallest absolute Gasteiger partial charge is 0.341 e. The Kier molecular flexibility index (Phi) is 3.19. The van der Waals surface area contributed by atoms with Crippen LogP contribution < -0.4 is 5.43 Å². The molecule has 0 aromatic carbocycles. The van der Waals surface area contributed by atoms with Gasteiger partial charge in [0.25, 0.3) is 0 Å². The van der Waals surface area contributed by atoms with Crippen molar-refractivity contribution in [1.82, 2.24) is 9.55 Å². The van der Waals surface area contributed by atoms with Crippen LogP contribution in [-0.2, 0) is 16.4 Å². The van der Waals surface area contributed by atoms with Crippen molar-refractivity contribution in [2.75, 3.05) is 6.26 Å². The van der Waals surface area contributed by atoms with Crippen LogP contribution in [0.3, 0.4) is 0 Å². The summed E-state index contributed by atoms with van der Waals surface area (Å²) in [5.41, 5.74) is -0.902. The van der Waals surface area contributed by atoms with Crippen LogP contribution in [0, 0.1) is 0 Å². The molecule has 102 valence electrons. The number of aromatic nitrogens is 2. The second kappa shape index (κ2) is 4.42. The average Bonchev–Trinajstić information content (AvgIpc) is 2.74. The highest BCUT2D eigenvalue weighted by Gasteiger charge is 2.21. The number of aryl methyl sites for hydroxylation is 1. The normalized spacial score (nSPS) is 11.9. The maximum absolute atomic E-state index is 12.0. The van der Waals surface area contributed by atoms with Gasteiger partial charge in [-0.05, 0) is 6.92 Å². The van der Waals surface area contributed by atoms with Gasteiger partial charge in [0.2, 0.25) is 19.6 Å². The monoisotopic (exact) mass is 302 g/mol. The quantitative estimate of drug-likeness (QED) is 0.889. The largest absolute Gasteiger partial charge is 0.477 e. The molecule has 0 amide bonds. The van der Waals surface area contributed by atoms with Crippen molar-refractivity contribution in [2.45, 2.75) is 17.8 Å². The van der Waals surface area contributed by atoms with Gasteiger partial charge in [0.15, 0.2) is 5.65 Å². The highest BCUT2D eigenvalue weighted by atomic mass is 32.2. The van der Waals surface area contributed by atoms with Gasteiger partial charge in [-0.15, -0.1) is 0 Å². The summed E-state index contributed by atoms with van der Waals surface area (Å²) in [6.45, 7) is 2.12. The molecule has 0 fully saturated rings. The summed E-state index contributed by atoms with van der Waals surface area (Å²) in [7, 11) is -3.53. The van der Waals surface area contributed by atoms with Gasteiger partial charge in [-0.2, -0.15) is 0 Å². The molecule has 2 heterocycles. The number of hydrogen-bond acceptors (Lipinski definition) is 6. The summed E-state index contributed by atoms with van der Waals surface area (Å²) < 4.78 is 24.2. The number of carboxylic acids is 1. The third-order valence-electron chi connectivity index (χ3n) is 2.49. The Labute approximate surface area is 112 Å². The Bertz CT molecular complexity index is 831. The standard InChI is InChI=1S/C10H10N2O5S2/c1-3-12-4-5(9(14)15)6(13)7-8(12)11-10(18-7)19(2,16)17/h4H,3H2,1-2H3,(H,14,15). The minimum absolute atomic E-state index is 0.0437. The lowest BCUT2D eigenvalue weighted by atomic mass is 10.2. The molecule has 0 aliphatic rings. The van der Waals surface area contributed by atoms with Crippen LogP contribution in [0.1, 0.15) is 17.3 Å². The highest BCUT2D eigenvalue weighted by Crippen LogP contribution is 2.23. The number of aromatic carboxylic acids is 1. The van der Waals surface area contributed by atoms with E-state index in [0.717, 1.165) is 6.26 Å². The predicted molar refractivity (Wildman–Crippen MR) is 69.6 cm³/mol. The zero-order valence-electron chi connectivity index (χ0n) is 10.1. The van der Waals surface area contributed by atoms with E-state index >= 15 is 0 Å². The number of pyridine rings is 1. The van der Waals surface area contributed by atoms with Crippen molar-refractivity contribution < 1.29 is 18.3 Å². The number of nitrogens with zero attached hydrogens (tertiary/aromatic N) is 2. The number of sulfone groups is 1. The average molecular weight is 302 g/mol. The number of hydrogen-bond donors (Lipinski definition) is 1. The molecule has 0 spiro atoms. The number of carbonyl (C=O) groups is 1. The summed E-state index contributed by atoms with van der Waals surface area (Å²) in [5.74, 6) is -1.34. The van der Waals surface area contributed by atoms with Crippen LogP contribution in [-0.4, -0.2) is 35.3 Å². The lowest BCUT2D eigenvalue weighted by molar-refractivity contribution is 0.0695. The number of rotatable bonds is 3. The van der Waals surface area contributed by atoms with Gasteiger partial charge in [-0.1, -0.05) is 11.3 Å². The number of carboxylic acid groups (broad SMARTS) is 1. The summed E-state index contributed by atoms with van der Waals surface area (Å²) in [6, 6.07) is 0. The van der Waals surface area contributed by atoms with Gasteiger partial charge in [0.1, 0.15) is 10.3 Å². The van der Waals surface area contributed by atoms with Gasteiger partial charge in [0, 0.05) is 19.0 Å². The first kappa shape index (κ1) is 13.7. The van der Waals surface area contributed by atoms with Crippen LogP contribution in [0.25, 0.3) is 10.3 Å². The van der Waals surface area contributed by atoms with Crippen LogP contribution in [0.15, 0.2) is 15.3 Å². The van der Waals surface area contributed by atoms with Crippen LogP contribution in [0.5, 0.6) is 0 Å². The van der Waals surface area contributed by atoms with Crippen molar-refractivity contribution in [3.8, 4) is 0 Å². The highest BCUT2D eigenvalue weighted by molar-refractivity contribution is 7.92. The second-order valence-electron chi connectivity index (χ2n) is 3.87. The van der Waals surface area contributed by atoms with Gasteiger partial charge in [-0.25, -0.2) is 18.2 Å². The van der Waals surface area contributed by atoms with Crippen molar-refractivity contribution in [3.63, 3.8) is 0 Å². The summed E-state index contributed by atoms with van der Waals surface area (Å²) in [6.07, 6.45) is 2.17. The van der Waals surface area contributed by atoms with Crippen molar-refractivity contribution in [1.29, 1.82) is 0 Å². The fourth-order valence-corrected chi connectivity index (χ4v) is 3.46. The maximum atomic E-state index is 12.0. The molecule has 19 heavy (non-hydrogen) atoms. The molecule has 0 aliphatic carbocycles. The fraction of sp³-hybridized carbons (Fsp3) is 0.300. The zero-order valence-corrected chi connectivity index (χ0v) is 11.7. The molecule has 0 aliphatic heterocycles. The molecule has 1 N–H and O–H groups in total. The molecule has 0 bridgehead atoms. The van der Waals surface area contributed by atoms with Crippen LogP contribution >= 0.6 is 11.3 Å². The van der Waals surface area contributed by atoms with E-state index in [1.165, 1.54) is 10.8 Å². The van der Waals surface area contributed by atoms with Gasteiger partial charge in [-0.3, -0.25) is 4.79 Å². The number of thiazole rings is 1. The molecular formula is C10H10N2O5S2. The van der Waals surface area contributed by atoms with Crippen molar-refractivity contribution in [3.05, 3.63) is 22.0 Å². The molecule has 9 heteroatoms. The predicted octanol–water partition coefficient (Wildman–Crippen LogP) is 0.580. The molecule has 2 aromatic heterocycles. The molecule has 0 radical (unpaired) electrons. The van der Waals surface area contributed by atoms with E-state index in [9.17, 15) is 18.0 Å². The van der Waals surface area contributed by atoms with Gasteiger partial charge < -0.3 is 9.67 Å². The molecule has 2 rings (SSSR count). The zero-order chi connectivity index (χ0) is 14.4. The van der Waals surface area contributed by atoms with E-state index < -0.39 is 26.8 Å². The van der Waals surface area contributed by atoms with E-state index in [1.807, 2.05) is 0 Å². The maximum Gasteiger partial charge on any atom is 0.341 e. The lowest BCUT2D eigenvalue weighted by Gasteiger charge is -2.04. The third-order valence-corrected chi connectivity index (χ3v) is 5.21. The van der Waals surface area contributed by atoms with E-state index in [0.29, 0.717) is 17.9 Å². The first-order valence-corrected chi connectivity index (χ1v) is 7.93. The molecule has 2 aromatic rings. The van der Waals surface area contributed by atoms with E-state index in [1.54, 1.807) is 6.92 Å². The fourth-order valence-electron chi connectivity index (χ4n) is 1.59. The molecule has 0 atom stereocenters. The molecular weight excluding hydrogens is 292 g/mol.